The van der Waals surface area contributed by atoms with Crippen LogP contribution in [-0.4, -0.2) is 17.7 Å². The minimum Gasteiger partial charge on any atom is -0.481 e. The van der Waals surface area contributed by atoms with Crippen molar-refractivity contribution < 1.29 is 18.4 Å². The van der Waals surface area contributed by atoms with E-state index >= 15 is 0 Å². The van der Waals surface area contributed by atoms with Crippen molar-refractivity contribution in [3.8, 4) is 5.75 Å². The Morgan fingerprint density at radius 3 is 2.71 bits per heavy atom. The van der Waals surface area contributed by atoms with Crippen LogP contribution in [-0.2, 0) is 10.2 Å². The number of halogens is 1. The second kappa shape index (κ2) is 5.95. The SMILES string of the molecule is CC(C)(C)c1cc(NC(=O)COc2ccccc2F)on1. The molecule has 0 radical (unpaired) electrons. The first-order valence-corrected chi connectivity index (χ1v) is 6.50. The first-order chi connectivity index (χ1) is 9.86. The van der Waals surface area contributed by atoms with Gasteiger partial charge in [0.25, 0.3) is 5.91 Å². The van der Waals surface area contributed by atoms with Crippen LogP contribution in [0.2, 0.25) is 0 Å². The number of anilines is 1. The van der Waals surface area contributed by atoms with Gasteiger partial charge in [0.2, 0.25) is 5.88 Å². The molecule has 1 aromatic carbocycles. The fraction of sp³-hybridized carbons (Fsp3) is 0.333. The number of benzene rings is 1. The van der Waals surface area contributed by atoms with Crippen molar-refractivity contribution >= 4 is 11.8 Å². The molecule has 0 saturated heterocycles. The number of para-hydroxylation sites is 1. The second-order valence-corrected chi connectivity index (χ2v) is 5.59. The van der Waals surface area contributed by atoms with Crippen molar-refractivity contribution in [2.75, 3.05) is 11.9 Å². The highest BCUT2D eigenvalue weighted by Crippen LogP contribution is 2.23. The fourth-order valence-corrected chi connectivity index (χ4v) is 1.57. The molecule has 0 aliphatic carbocycles. The molecule has 2 rings (SSSR count). The normalized spacial score (nSPS) is 11.2. The zero-order valence-corrected chi connectivity index (χ0v) is 12.1. The molecule has 0 aliphatic heterocycles. The summed E-state index contributed by atoms with van der Waals surface area (Å²) < 4.78 is 23.4. The Bertz CT molecular complexity index is 632. The number of carbonyl (C=O) groups is 1. The topological polar surface area (TPSA) is 64.4 Å². The quantitative estimate of drug-likeness (QED) is 0.940. The maximum atomic E-state index is 13.3. The van der Waals surface area contributed by atoms with Crippen molar-refractivity contribution in [2.45, 2.75) is 26.2 Å². The summed E-state index contributed by atoms with van der Waals surface area (Å²) in [5.74, 6) is -0.697. The summed E-state index contributed by atoms with van der Waals surface area (Å²) in [6, 6.07) is 7.54. The summed E-state index contributed by atoms with van der Waals surface area (Å²) in [6.07, 6.45) is 0. The van der Waals surface area contributed by atoms with E-state index in [0.717, 1.165) is 5.69 Å². The summed E-state index contributed by atoms with van der Waals surface area (Å²) in [7, 11) is 0. The lowest BCUT2D eigenvalue weighted by atomic mass is 9.92. The number of nitrogens with zero attached hydrogens (tertiary/aromatic N) is 1. The minimum absolute atomic E-state index is 0.0283. The standard InChI is InChI=1S/C15H17FN2O3/c1-15(2,3)12-8-14(21-18-12)17-13(19)9-20-11-7-5-4-6-10(11)16/h4-8H,9H2,1-3H3,(H,17,19). The van der Waals surface area contributed by atoms with Gasteiger partial charge in [-0.1, -0.05) is 38.1 Å². The molecule has 0 fully saturated rings. The zero-order chi connectivity index (χ0) is 15.5. The number of nitrogens with one attached hydrogen (secondary N) is 1. The maximum Gasteiger partial charge on any atom is 0.264 e. The number of amides is 1. The van der Waals surface area contributed by atoms with Crippen LogP contribution in [0.15, 0.2) is 34.9 Å². The van der Waals surface area contributed by atoms with E-state index in [4.69, 9.17) is 9.26 Å². The van der Waals surface area contributed by atoms with Gasteiger partial charge in [0.15, 0.2) is 18.2 Å². The molecular weight excluding hydrogens is 275 g/mol. The molecule has 6 heteroatoms. The van der Waals surface area contributed by atoms with Crippen LogP contribution in [0.4, 0.5) is 10.3 Å². The Morgan fingerprint density at radius 2 is 2.10 bits per heavy atom. The highest BCUT2D eigenvalue weighted by atomic mass is 19.1. The zero-order valence-electron chi connectivity index (χ0n) is 12.1. The molecule has 2 aromatic rings. The van der Waals surface area contributed by atoms with Crippen LogP contribution in [0.1, 0.15) is 26.5 Å². The van der Waals surface area contributed by atoms with Gasteiger partial charge in [-0.3, -0.25) is 10.1 Å². The molecule has 0 saturated carbocycles. The van der Waals surface area contributed by atoms with Gasteiger partial charge >= 0.3 is 0 Å². The third-order valence-corrected chi connectivity index (χ3v) is 2.74. The predicted octanol–water partition coefficient (Wildman–Crippen LogP) is 3.13. The summed E-state index contributed by atoms with van der Waals surface area (Å²) in [6.45, 7) is 5.64. The molecule has 1 heterocycles. The molecule has 0 bridgehead atoms. The third-order valence-electron chi connectivity index (χ3n) is 2.74. The molecule has 1 aromatic heterocycles. The molecular formula is C15H17FN2O3. The van der Waals surface area contributed by atoms with Crippen LogP contribution in [0.5, 0.6) is 5.75 Å². The third kappa shape index (κ3) is 4.05. The second-order valence-electron chi connectivity index (χ2n) is 5.59. The lowest BCUT2D eigenvalue weighted by molar-refractivity contribution is -0.118. The Morgan fingerprint density at radius 1 is 1.38 bits per heavy atom. The van der Waals surface area contributed by atoms with E-state index in [9.17, 15) is 9.18 Å². The first-order valence-electron chi connectivity index (χ1n) is 6.50. The summed E-state index contributed by atoms with van der Waals surface area (Å²) >= 11 is 0. The van der Waals surface area contributed by atoms with Crippen LogP contribution in [0.25, 0.3) is 0 Å². The number of hydrogen-bond donors (Lipinski definition) is 1. The predicted molar refractivity (Wildman–Crippen MR) is 75.7 cm³/mol. The number of carbonyl (C=O) groups excluding carboxylic acids is 1. The van der Waals surface area contributed by atoms with Crippen molar-refractivity contribution in [2.24, 2.45) is 0 Å². The van der Waals surface area contributed by atoms with Crippen LogP contribution in [0.3, 0.4) is 0 Å². The monoisotopic (exact) mass is 292 g/mol. The number of rotatable bonds is 4. The van der Waals surface area contributed by atoms with Crippen LogP contribution in [0, 0.1) is 5.82 Å². The molecule has 0 spiro atoms. The van der Waals surface area contributed by atoms with Gasteiger partial charge < -0.3 is 9.26 Å². The van der Waals surface area contributed by atoms with Gasteiger partial charge in [-0.2, -0.15) is 0 Å². The van der Waals surface area contributed by atoms with Crippen LogP contribution >= 0.6 is 0 Å². The van der Waals surface area contributed by atoms with Gasteiger partial charge in [-0.05, 0) is 12.1 Å². The Balaban J connectivity index is 1.90. The smallest absolute Gasteiger partial charge is 0.264 e. The van der Waals surface area contributed by atoms with E-state index in [1.807, 2.05) is 20.8 Å². The highest BCUT2D eigenvalue weighted by Gasteiger charge is 2.19. The summed E-state index contributed by atoms with van der Waals surface area (Å²) in [5.41, 5.74) is 0.559. The largest absolute Gasteiger partial charge is 0.481 e. The molecule has 112 valence electrons. The number of ether oxygens (including phenoxy) is 1. The highest BCUT2D eigenvalue weighted by molar-refractivity contribution is 5.90. The van der Waals surface area contributed by atoms with Crippen molar-refractivity contribution in [1.29, 1.82) is 0 Å². The van der Waals surface area contributed by atoms with Gasteiger partial charge in [-0.25, -0.2) is 4.39 Å². The van der Waals surface area contributed by atoms with E-state index in [2.05, 4.69) is 10.5 Å². The van der Waals surface area contributed by atoms with E-state index < -0.39 is 11.7 Å². The van der Waals surface area contributed by atoms with Gasteiger partial charge in [-0.15, -0.1) is 0 Å². The van der Waals surface area contributed by atoms with Crippen molar-refractivity contribution in [3.63, 3.8) is 0 Å². The molecule has 21 heavy (non-hydrogen) atoms. The van der Waals surface area contributed by atoms with E-state index in [1.165, 1.54) is 12.1 Å². The fourth-order valence-electron chi connectivity index (χ4n) is 1.57. The molecule has 5 nitrogen and oxygen atoms in total. The maximum absolute atomic E-state index is 13.3. The van der Waals surface area contributed by atoms with Gasteiger partial charge in [0.05, 0.1) is 5.69 Å². The molecule has 1 N–H and O–H groups in total. The van der Waals surface area contributed by atoms with E-state index in [0.29, 0.717) is 0 Å². The van der Waals surface area contributed by atoms with Crippen molar-refractivity contribution in [1.82, 2.24) is 5.16 Å². The first kappa shape index (κ1) is 15.0. The number of aromatic nitrogens is 1. The lowest BCUT2D eigenvalue weighted by Gasteiger charge is -2.12. The summed E-state index contributed by atoms with van der Waals surface area (Å²) in [4.78, 5) is 11.7. The van der Waals surface area contributed by atoms with Crippen LogP contribution < -0.4 is 10.1 Å². The van der Waals surface area contributed by atoms with E-state index in [1.54, 1.807) is 18.2 Å². The molecule has 0 atom stereocenters. The Kier molecular flexibility index (Phi) is 4.26. The Labute approximate surface area is 122 Å². The lowest BCUT2D eigenvalue weighted by Crippen LogP contribution is -2.20. The minimum atomic E-state index is -0.514. The average molecular weight is 292 g/mol. The average Bonchev–Trinajstić information content (AvgIpc) is 2.86. The molecule has 0 aliphatic rings. The Hall–Kier alpha value is -2.37. The van der Waals surface area contributed by atoms with Gasteiger partial charge in [0, 0.05) is 11.5 Å². The molecule has 1 amide bonds. The van der Waals surface area contributed by atoms with E-state index in [-0.39, 0.29) is 23.7 Å². The van der Waals surface area contributed by atoms with Crippen molar-refractivity contribution in [3.05, 3.63) is 41.8 Å². The van der Waals surface area contributed by atoms with Gasteiger partial charge in [0.1, 0.15) is 0 Å². The molecule has 0 unspecified atom stereocenters. The number of hydrogen-bond acceptors (Lipinski definition) is 4. The summed E-state index contributed by atoms with van der Waals surface area (Å²) in [5, 5.41) is 6.39.